The van der Waals surface area contributed by atoms with Gasteiger partial charge >= 0.3 is 0 Å². The standard InChI is InChI=1S/C17H20BrNO2/c1-4-21-16-7-5-6-13(17(16)20-3)11-19-14-8-9-15(18)12(2)10-14/h5-10,19H,4,11H2,1-3H3. The van der Waals surface area contributed by atoms with E-state index in [1.807, 2.05) is 31.2 Å². The van der Waals surface area contributed by atoms with Gasteiger partial charge in [0.25, 0.3) is 0 Å². The van der Waals surface area contributed by atoms with E-state index in [2.05, 4.69) is 40.3 Å². The fourth-order valence-corrected chi connectivity index (χ4v) is 2.40. The molecule has 0 fully saturated rings. The van der Waals surface area contributed by atoms with Crippen LogP contribution in [0.15, 0.2) is 40.9 Å². The van der Waals surface area contributed by atoms with Crippen molar-refractivity contribution in [3.8, 4) is 11.5 Å². The molecule has 0 aliphatic heterocycles. The third kappa shape index (κ3) is 3.91. The first-order valence-electron chi connectivity index (χ1n) is 6.94. The van der Waals surface area contributed by atoms with Gasteiger partial charge in [0.2, 0.25) is 0 Å². The first kappa shape index (κ1) is 15.7. The van der Waals surface area contributed by atoms with E-state index in [9.17, 15) is 0 Å². The van der Waals surface area contributed by atoms with Crippen LogP contribution in [-0.2, 0) is 6.54 Å². The molecule has 0 bridgehead atoms. The van der Waals surface area contributed by atoms with Gasteiger partial charge in [-0.25, -0.2) is 0 Å². The lowest BCUT2D eigenvalue weighted by Crippen LogP contribution is -2.04. The maximum absolute atomic E-state index is 5.60. The summed E-state index contributed by atoms with van der Waals surface area (Å²) in [7, 11) is 1.67. The number of ether oxygens (including phenoxy) is 2. The molecule has 0 aliphatic carbocycles. The minimum atomic E-state index is 0.624. The summed E-state index contributed by atoms with van der Waals surface area (Å²) >= 11 is 3.51. The van der Waals surface area contributed by atoms with E-state index < -0.39 is 0 Å². The monoisotopic (exact) mass is 349 g/mol. The number of anilines is 1. The molecular weight excluding hydrogens is 330 g/mol. The SMILES string of the molecule is CCOc1cccc(CNc2ccc(Br)c(C)c2)c1OC. The summed E-state index contributed by atoms with van der Waals surface area (Å²) in [6, 6.07) is 12.2. The van der Waals surface area contributed by atoms with Gasteiger partial charge in [0.15, 0.2) is 11.5 Å². The molecule has 0 radical (unpaired) electrons. The Morgan fingerprint density at radius 2 is 2.00 bits per heavy atom. The first-order valence-corrected chi connectivity index (χ1v) is 7.73. The van der Waals surface area contributed by atoms with Gasteiger partial charge in [-0.05, 0) is 43.7 Å². The quantitative estimate of drug-likeness (QED) is 0.814. The van der Waals surface area contributed by atoms with Crippen LogP contribution in [0.25, 0.3) is 0 Å². The zero-order valence-electron chi connectivity index (χ0n) is 12.6. The molecule has 0 saturated carbocycles. The van der Waals surface area contributed by atoms with Crippen LogP contribution in [0.1, 0.15) is 18.1 Å². The molecule has 4 heteroatoms. The number of nitrogens with one attached hydrogen (secondary N) is 1. The van der Waals surface area contributed by atoms with Crippen LogP contribution in [0, 0.1) is 6.92 Å². The van der Waals surface area contributed by atoms with Crippen molar-refractivity contribution in [2.24, 2.45) is 0 Å². The summed E-state index contributed by atoms with van der Waals surface area (Å²) in [5.41, 5.74) is 3.36. The Balaban J connectivity index is 2.15. The highest BCUT2D eigenvalue weighted by atomic mass is 79.9. The van der Waals surface area contributed by atoms with Crippen molar-refractivity contribution in [3.05, 3.63) is 52.0 Å². The van der Waals surface area contributed by atoms with Crippen LogP contribution >= 0.6 is 15.9 Å². The fourth-order valence-electron chi connectivity index (χ4n) is 2.15. The Hall–Kier alpha value is -1.68. The first-order chi connectivity index (χ1) is 10.2. The van der Waals surface area contributed by atoms with Crippen molar-refractivity contribution in [2.75, 3.05) is 19.0 Å². The molecule has 0 aliphatic rings. The van der Waals surface area contributed by atoms with E-state index in [0.29, 0.717) is 13.2 Å². The maximum Gasteiger partial charge on any atom is 0.165 e. The summed E-state index contributed by atoms with van der Waals surface area (Å²) in [5.74, 6) is 1.58. The number of halogens is 1. The number of rotatable bonds is 6. The smallest absolute Gasteiger partial charge is 0.165 e. The fraction of sp³-hybridized carbons (Fsp3) is 0.294. The van der Waals surface area contributed by atoms with Crippen LogP contribution in [0.4, 0.5) is 5.69 Å². The molecule has 2 aromatic rings. The lowest BCUT2D eigenvalue weighted by atomic mass is 10.1. The lowest BCUT2D eigenvalue weighted by Gasteiger charge is -2.15. The highest BCUT2D eigenvalue weighted by Crippen LogP contribution is 2.31. The minimum Gasteiger partial charge on any atom is -0.493 e. The van der Waals surface area contributed by atoms with Crippen LogP contribution < -0.4 is 14.8 Å². The Morgan fingerprint density at radius 3 is 2.67 bits per heavy atom. The zero-order chi connectivity index (χ0) is 15.2. The predicted octanol–water partition coefficient (Wildman–Crippen LogP) is 4.78. The summed E-state index contributed by atoms with van der Waals surface area (Å²) in [6.45, 7) is 5.35. The summed E-state index contributed by atoms with van der Waals surface area (Å²) in [4.78, 5) is 0. The molecule has 0 amide bonds. The molecule has 3 nitrogen and oxygen atoms in total. The number of benzene rings is 2. The number of para-hydroxylation sites is 1. The normalized spacial score (nSPS) is 10.3. The summed E-state index contributed by atoms with van der Waals surface area (Å²) in [5, 5.41) is 3.42. The van der Waals surface area contributed by atoms with Gasteiger partial charge in [-0.1, -0.05) is 28.1 Å². The molecule has 0 saturated heterocycles. The number of hydrogen-bond acceptors (Lipinski definition) is 3. The molecule has 0 aromatic heterocycles. The molecule has 0 unspecified atom stereocenters. The predicted molar refractivity (Wildman–Crippen MR) is 90.4 cm³/mol. The highest BCUT2D eigenvalue weighted by molar-refractivity contribution is 9.10. The Bertz CT molecular complexity index is 614. The van der Waals surface area contributed by atoms with Gasteiger partial charge in [-0.2, -0.15) is 0 Å². The topological polar surface area (TPSA) is 30.5 Å². The molecule has 0 heterocycles. The minimum absolute atomic E-state index is 0.624. The average molecular weight is 350 g/mol. The Morgan fingerprint density at radius 1 is 1.19 bits per heavy atom. The third-order valence-corrected chi connectivity index (χ3v) is 4.10. The number of hydrogen-bond donors (Lipinski definition) is 1. The second-order valence-corrected chi connectivity index (χ2v) is 5.55. The Kier molecular flexibility index (Phi) is 5.51. The maximum atomic E-state index is 5.60. The van der Waals surface area contributed by atoms with Crippen molar-refractivity contribution in [1.29, 1.82) is 0 Å². The third-order valence-electron chi connectivity index (χ3n) is 3.21. The van der Waals surface area contributed by atoms with Gasteiger partial charge in [0.1, 0.15) is 0 Å². The van der Waals surface area contributed by atoms with Crippen molar-refractivity contribution < 1.29 is 9.47 Å². The summed E-state index contributed by atoms with van der Waals surface area (Å²) < 4.78 is 12.2. The van der Waals surface area contributed by atoms with Crippen molar-refractivity contribution in [3.63, 3.8) is 0 Å². The highest BCUT2D eigenvalue weighted by Gasteiger charge is 2.09. The van der Waals surface area contributed by atoms with E-state index in [1.54, 1.807) is 7.11 Å². The molecule has 0 spiro atoms. The molecule has 2 aromatic carbocycles. The van der Waals surface area contributed by atoms with Gasteiger partial charge in [0, 0.05) is 22.3 Å². The second-order valence-electron chi connectivity index (χ2n) is 4.70. The zero-order valence-corrected chi connectivity index (χ0v) is 14.2. The van der Waals surface area contributed by atoms with E-state index in [1.165, 1.54) is 5.56 Å². The molecular formula is C17H20BrNO2. The van der Waals surface area contributed by atoms with Crippen LogP contribution in [-0.4, -0.2) is 13.7 Å². The van der Waals surface area contributed by atoms with E-state index in [4.69, 9.17) is 9.47 Å². The average Bonchev–Trinajstić information content (AvgIpc) is 2.49. The number of aryl methyl sites for hydroxylation is 1. The van der Waals surface area contributed by atoms with Crippen molar-refractivity contribution in [2.45, 2.75) is 20.4 Å². The molecule has 21 heavy (non-hydrogen) atoms. The van der Waals surface area contributed by atoms with Gasteiger partial charge in [0.05, 0.1) is 13.7 Å². The van der Waals surface area contributed by atoms with Gasteiger partial charge in [-0.15, -0.1) is 0 Å². The van der Waals surface area contributed by atoms with Crippen molar-refractivity contribution >= 4 is 21.6 Å². The van der Waals surface area contributed by atoms with Crippen LogP contribution in [0.2, 0.25) is 0 Å². The molecule has 2 rings (SSSR count). The molecule has 0 atom stereocenters. The van der Waals surface area contributed by atoms with E-state index in [0.717, 1.165) is 27.2 Å². The van der Waals surface area contributed by atoms with Crippen LogP contribution in [0.3, 0.4) is 0 Å². The number of methoxy groups -OCH3 is 1. The van der Waals surface area contributed by atoms with Gasteiger partial charge in [-0.3, -0.25) is 0 Å². The lowest BCUT2D eigenvalue weighted by molar-refractivity contribution is 0.309. The second kappa shape index (κ2) is 7.36. The van der Waals surface area contributed by atoms with Crippen LogP contribution in [0.5, 0.6) is 11.5 Å². The molecule has 1 N–H and O–H groups in total. The Labute approximate surface area is 134 Å². The van der Waals surface area contributed by atoms with Gasteiger partial charge < -0.3 is 14.8 Å². The van der Waals surface area contributed by atoms with E-state index >= 15 is 0 Å². The van der Waals surface area contributed by atoms with Crippen molar-refractivity contribution in [1.82, 2.24) is 0 Å². The molecule has 112 valence electrons. The largest absolute Gasteiger partial charge is 0.493 e. The van der Waals surface area contributed by atoms with E-state index in [-0.39, 0.29) is 0 Å². The summed E-state index contributed by atoms with van der Waals surface area (Å²) in [6.07, 6.45) is 0.